The van der Waals surface area contributed by atoms with E-state index < -0.39 is 0 Å². The molecule has 0 amide bonds. The average Bonchev–Trinajstić information content (AvgIpc) is 2.17. The first kappa shape index (κ1) is 9.07. The number of carbonyl (C=O) groups excluding carboxylic acids is 1. The van der Waals surface area contributed by atoms with Gasteiger partial charge in [-0.2, -0.15) is 0 Å². The lowest BCUT2D eigenvalue weighted by Gasteiger charge is -1.96. The minimum atomic E-state index is 0.102. The Morgan fingerprint density at radius 2 is 2.00 bits per heavy atom. The largest absolute Gasteiger partial charge is 0.282 e. The molecule has 0 aliphatic carbocycles. The predicted molar refractivity (Wildman–Crippen MR) is 54.4 cm³/mol. The Morgan fingerprint density at radius 1 is 1.42 bits per heavy atom. The second kappa shape index (κ2) is 4.12. The third-order valence-corrected chi connectivity index (χ3v) is 2.17. The Kier molecular flexibility index (Phi) is 3.11. The Labute approximate surface area is 76.5 Å². The molecule has 0 aromatic heterocycles. The molecule has 0 saturated heterocycles. The van der Waals surface area contributed by atoms with E-state index in [2.05, 4.69) is 6.58 Å². The van der Waals surface area contributed by atoms with Crippen LogP contribution < -0.4 is 0 Å². The third kappa shape index (κ3) is 1.98. The quantitative estimate of drug-likeness (QED) is 0.692. The number of hydrogen-bond acceptors (Lipinski definition) is 2. The molecule has 0 heterocycles. The van der Waals surface area contributed by atoms with E-state index in [1.54, 1.807) is 12.3 Å². The van der Waals surface area contributed by atoms with E-state index in [1.807, 2.05) is 24.3 Å². The van der Waals surface area contributed by atoms with Gasteiger partial charge in [0.25, 0.3) is 0 Å². The lowest BCUT2D eigenvalue weighted by molar-refractivity contribution is 0.108. The van der Waals surface area contributed by atoms with Gasteiger partial charge in [-0.15, -0.1) is 0 Å². The summed E-state index contributed by atoms with van der Waals surface area (Å²) < 4.78 is 0. The van der Waals surface area contributed by atoms with Crippen molar-refractivity contribution >= 4 is 23.0 Å². The third-order valence-electron chi connectivity index (χ3n) is 1.57. The normalized spacial score (nSPS) is 9.42. The molecule has 0 radical (unpaired) electrons. The van der Waals surface area contributed by atoms with Crippen molar-refractivity contribution in [2.45, 2.75) is 0 Å². The van der Waals surface area contributed by atoms with Crippen LogP contribution in [0.15, 0.2) is 30.8 Å². The SMILES string of the molecule is C=Cc1ccc(C(=O)SC)cc1. The second-order valence-electron chi connectivity index (χ2n) is 2.32. The van der Waals surface area contributed by atoms with Gasteiger partial charge in [-0.05, 0) is 24.0 Å². The van der Waals surface area contributed by atoms with Gasteiger partial charge in [-0.25, -0.2) is 0 Å². The minimum absolute atomic E-state index is 0.102. The smallest absolute Gasteiger partial charge is 0.219 e. The first-order valence-electron chi connectivity index (χ1n) is 3.58. The Hall–Kier alpha value is -1.02. The zero-order valence-electron chi connectivity index (χ0n) is 6.91. The van der Waals surface area contributed by atoms with Crippen LogP contribution in [0, 0.1) is 0 Å². The molecule has 2 heteroatoms. The molecule has 0 aliphatic heterocycles. The maximum atomic E-state index is 11.2. The number of thioether (sulfide) groups is 1. The van der Waals surface area contributed by atoms with E-state index >= 15 is 0 Å². The molecular weight excluding hydrogens is 168 g/mol. The van der Waals surface area contributed by atoms with Crippen molar-refractivity contribution in [2.24, 2.45) is 0 Å². The molecule has 0 aliphatic rings. The highest BCUT2D eigenvalue weighted by atomic mass is 32.2. The van der Waals surface area contributed by atoms with Gasteiger partial charge in [-0.1, -0.05) is 36.5 Å². The lowest BCUT2D eigenvalue weighted by atomic mass is 10.1. The minimum Gasteiger partial charge on any atom is -0.282 e. The molecule has 62 valence electrons. The highest BCUT2D eigenvalue weighted by Crippen LogP contribution is 2.11. The van der Waals surface area contributed by atoms with Gasteiger partial charge < -0.3 is 0 Å². The fraction of sp³-hybridized carbons (Fsp3) is 0.100. The molecular formula is C10H10OS. The van der Waals surface area contributed by atoms with Crippen molar-refractivity contribution in [3.05, 3.63) is 42.0 Å². The van der Waals surface area contributed by atoms with Crippen LogP contribution in [0.25, 0.3) is 6.08 Å². The maximum absolute atomic E-state index is 11.2. The van der Waals surface area contributed by atoms with Crippen LogP contribution in [0.2, 0.25) is 0 Å². The van der Waals surface area contributed by atoms with Gasteiger partial charge in [0.05, 0.1) is 0 Å². The highest BCUT2D eigenvalue weighted by molar-refractivity contribution is 8.13. The number of carbonyl (C=O) groups is 1. The molecule has 1 rings (SSSR count). The number of benzene rings is 1. The van der Waals surface area contributed by atoms with E-state index in [-0.39, 0.29) is 5.12 Å². The summed E-state index contributed by atoms with van der Waals surface area (Å²) in [4.78, 5) is 11.2. The van der Waals surface area contributed by atoms with E-state index in [1.165, 1.54) is 11.8 Å². The van der Waals surface area contributed by atoms with E-state index in [0.29, 0.717) is 0 Å². The Balaban J connectivity index is 2.91. The van der Waals surface area contributed by atoms with Gasteiger partial charge in [0.1, 0.15) is 0 Å². The van der Waals surface area contributed by atoms with Crippen LogP contribution in [-0.2, 0) is 0 Å². The van der Waals surface area contributed by atoms with Gasteiger partial charge >= 0.3 is 0 Å². The van der Waals surface area contributed by atoms with Gasteiger partial charge in [-0.3, -0.25) is 4.79 Å². The summed E-state index contributed by atoms with van der Waals surface area (Å²) in [6.45, 7) is 3.64. The van der Waals surface area contributed by atoms with Crippen LogP contribution in [0.4, 0.5) is 0 Å². The molecule has 0 atom stereocenters. The summed E-state index contributed by atoms with van der Waals surface area (Å²) in [6, 6.07) is 7.40. The zero-order chi connectivity index (χ0) is 8.97. The Bertz CT molecular complexity index is 287. The first-order valence-corrected chi connectivity index (χ1v) is 4.81. The summed E-state index contributed by atoms with van der Waals surface area (Å²) in [5.74, 6) is 0. The molecule has 1 aromatic carbocycles. The molecule has 0 N–H and O–H groups in total. The fourth-order valence-corrected chi connectivity index (χ4v) is 1.24. The standard InChI is InChI=1S/C10H10OS/c1-3-8-4-6-9(7-5-8)10(11)12-2/h3-7H,1H2,2H3. The molecule has 0 spiro atoms. The maximum Gasteiger partial charge on any atom is 0.219 e. The second-order valence-corrected chi connectivity index (χ2v) is 3.10. The highest BCUT2D eigenvalue weighted by Gasteiger charge is 2.01. The number of rotatable bonds is 2. The summed E-state index contributed by atoms with van der Waals surface area (Å²) in [7, 11) is 0. The van der Waals surface area contributed by atoms with Crippen LogP contribution in [0.3, 0.4) is 0 Å². The Morgan fingerprint density at radius 3 is 2.42 bits per heavy atom. The lowest BCUT2D eigenvalue weighted by Crippen LogP contribution is -1.90. The molecule has 0 fully saturated rings. The van der Waals surface area contributed by atoms with Crippen LogP contribution >= 0.6 is 11.8 Å². The van der Waals surface area contributed by atoms with Crippen molar-refractivity contribution in [3.63, 3.8) is 0 Å². The fourth-order valence-electron chi connectivity index (χ4n) is 0.873. The van der Waals surface area contributed by atoms with Gasteiger partial charge in [0, 0.05) is 5.56 Å². The van der Waals surface area contributed by atoms with E-state index in [0.717, 1.165) is 11.1 Å². The summed E-state index contributed by atoms with van der Waals surface area (Å²) in [5.41, 5.74) is 1.78. The molecule has 0 saturated carbocycles. The first-order chi connectivity index (χ1) is 5.77. The van der Waals surface area contributed by atoms with Crippen molar-refractivity contribution in [3.8, 4) is 0 Å². The molecule has 0 bridgehead atoms. The van der Waals surface area contributed by atoms with E-state index in [4.69, 9.17) is 0 Å². The van der Waals surface area contributed by atoms with Crippen molar-refractivity contribution in [2.75, 3.05) is 6.26 Å². The topological polar surface area (TPSA) is 17.1 Å². The van der Waals surface area contributed by atoms with Gasteiger partial charge in [0.2, 0.25) is 5.12 Å². The zero-order valence-corrected chi connectivity index (χ0v) is 7.73. The molecule has 0 unspecified atom stereocenters. The van der Waals surface area contributed by atoms with Crippen molar-refractivity contribution < 1.29 is 4.79 Å². The van der Waals surface area contributed by atoms with E-state index in [9.17, 15) is 4.79 Å². The summed E-state index contributed by atoms with van der Waals surface area (Å²) in [5, 5.41) is 0.102. The van der Waals surface area contributed by atoms with Crippen molar-refractivity contribution in [1.82, 2.24) is 0 Å². The molecule has 1 aromatic rings. The summed E-state index contributed by atoms with van der Waals surface area (Å²) >= 11 is 1.23. The average molecular weight is 178 g/mol. The molecule has 1 nitrogen and oxygen atoms in total. The summed E-state index contributed by atoms with van der Waals surface area (Å²) in [6.07, 6.45) is 3.54. The van der Waals surface area contributed by atoms with Crippen molar-refractivity contribution in [1.29, 1.82) is 0 Å². The monoisotopic (exact) mass is 178 g/mol. The van der Waals surface area contributed by atoms with Gasteiger partial charge in [0.15, 0.2) is 0 Å². The van der Waals surface area contributed by atoms with Crippen LogP contribution in [0.5, 0.6) is 0 Å². The number of hydrogen-bond donors (Lipinski definition) is 0. The predicted octanol–water partition coefficient (Wildman–Crippen LogP) is 2.83. The van der Waals surface area contributed by atoms with Crippen LogP contribution in [0.1, 0.15) is 15.9 Å². The van der Waals surface area contributed by atoms with Crippen LogP contribution in [-0.4, -0.2) is 11.4 Å². The molecule has 12 heavy (non-hydrogen) atoms.